The second-order valence-electron chi connectivity index (χ2n) is 6.10. The molecule has 0 N–H and O–H groups in total. The molecular formula is C21H23NO. The lowest BCUT2D eigenvalue weighted by atomic mass is 10.0. The van der Waals surface area contributed by atoms with Crippen molar-refractivity contribution < 1.29 is 4.79 Å². The topological polar surface area (TPSA) is 20.3 Å². The highest BCUT2D eigenvalue weighted by Gasteiger charge is 2.14. The fourth-order valence-corrected chi connectivity index (χ4v) is 3.07. The van der Waals surface area contributed by atoms with Crippen molar-refractivity contribution >= 4 is 11.4 Å². The summed E-state index contributed by atoms with van der Waals surface area (Å²) in [6, 6.07) is 19.8. The van der Waals surface area contributed by atoms with Gasteiger partial charge in [0.25, 0.3) is 0 Å². The molecule has 0 radical (unpaired) electrons. The summed E-state index contributed by atoms with van der Waals surface area (Å²) < 4.78 is 0. The smallest absolute Gasteiger partial charge is 0.186 e. The third kappa shape index (κ3) is 4.40. The summed E-state index contributed by atoms with van der Waals surface area (Å²) in [5.74, 6) is 0.0847. The van der Waals surface area contributed by atoms with E-state index in [9.17, 15) is 4.79 Å². The molecule has 1 aliphatic rings. The number of allylic oxidation sites excluding steroid dienone is 1. The van der Waals surface area contributed by atoms with E-state index < -0.39 is 0 Å². The van der Waals surface area contributed by atoms with Crippen molar-refractivity contribution in [1.29, 1.82) is 0 Å². The molecule has 3 rings (SSSR count). The molecule has 1 heterocycles. The summed E-state index contributed by atoms with van der Waals surface area (Å²) >= 11 is 0. The lowest BCUT2D eigenvalue weighted by Gasteiger charge is -2.27. The zero-order chi connectivity index (χ0) is 15.9. The number of carbonyl (C=O) groups excluding carboxylic acids is 1. The van der Waals surface area contributed by atoms with E-state index >= 15 is 0 Å². The van der Waals surface area contributed by atoms with Crippen molar-refractivity contribution in [2.24, 2.45) is 0 Å². The van der Waals surface area contributed by atoms with Crippen LogP contribution in [-0.4, -0.2) is 30.3 Å². The van der Waals surface area contributed by atoms with E-state index in [-0.39, 0.29) is 5.78 Å². The highest BCUT2D eigenvalue weighted by atomic mass is 16.1. The van der Waals surface area contributed by atoms with Gasteiger partial charge in [-0.15, -0.1) is 0 Å². The fourth-order valence-electron chi connectivity index (χ4n) is 3.07. The van der Waals surface area contributed by atoms with E-state index in [4.69, 9.17) is 0 Å². The van der Waals surface area contributed by atoms with Gasteiger partial charge in [-0.3, -0.25) is 9.69 Å². The van der Waals surface area contributed by atoms with Crippen LogP contribution >= 0.6 is 0 Å². The summed E-state index contributed by atoms with van der Waals surface area (Å²) in [6.07, 6.45) is 5.66. The molecule has 0 amide bonds. The maximum Gasteiger partial charge on any atom is 0.186 e. The third-order valence-corrected chi connectivity index (χ3v) is 4.35. The number of likely N-dealkylation sites (tertiary alicyclic amines) is 1. The van der Waals surface area contributed by atoms with Gasteiger partial charge < -0.3 is 0 Å². The summed E-state index contributed by atoms with van der Waals surface area (Å²) in [5, 5.41) is 0. The van der Waals surface area contributed by atoms with Crippen molar-refractivity contribution in [3.63, 3.8) is 0 Å². The molecule has 118 valence electrons. The molecule has 0 unspecified atom stereocenters. The monoisotopic (exact) mass is 305 g/mol. The van der Waals surface area contributed by atoms with Gasteiger partial charge in [0.05, 0.1) is 0 Å². The van der Waals surface area contributed by atoms with Crippen LogP contribution in [0.4, 0.5) is 0 Å². The van der Waals surface area contributed by atoms with Crippen LogP contribution in [0.2, 0.25) is 0 Å². The summed E-state index contributed by atoms with van der Waals surface area (Å²) in [7, 11) is 0. The molecule has 0 aromatic heterocycles. The van der Waals surface area contributed by atoms with E-state index in [0.29, 0.717) is 0 Å². The molecule has 2 aromatic carbocycles. The van der Waals surface area contributed by atoms with Crippen LogP contribution in [0.1, 0.15) is 35.2 Å². The normalized spacial score (nSPS) is 16.3. The zero-order valence-corrected chi connectivity index (χ0v) is 13.4. The highest BCUT2D eigenvalue weighted by Crippen LogP contribution is 2.19. The molecule has 2 heteroatoms. The highest BCUT2D eigenvalue weighted by molar-refractivity contribution is 6.08. The van der Waals surface area contributed by atoms with Gasteiger partial charge in [-0.25, -0.2) is 0 Å². The molecule has 0 aliphatic carbocycles. The number of hydrogen-bond donors (Lipinski definition) is 0. The maximum atomic E-state index is 12.6. The quantitative estimate of drug-likeness (QED) is 0.601. The van der Waals surface area contributed by atoms with Gasteiger partial charge in [0, 0.05) is 12.1 Å². The Morgan fingerprint density at radius 2 is 1.39 bits per heavy atom. The predicted molar refractivity (Wildman–Crippen MR) is 95.5 cm³/mol. The van der Waals surface area contributed by atoms with Gasteiger partial charge in [0.15, 0.2) is 5.78 Å². The Bertz CT molecular complexity index is 655. The second kappa shape index (κ2) is 7.89. The fraction of sp³-hybridized carbons (Fsp3) is 0.286. The van der Waals surface area contributed by atoms with Gasteiger partial charge in [-0.05, 0) is 43.1 Å². The van der Waals surface area contributed by atoms with Crippen LogP contribution < -0.4 is 0 Å². The minimum absolute atomic E-state index is 0.0847. The molecule has 2 nitrogen and oxygen atoms in total. The zero-order valence-electron chi connectivity index (χ0n) is 13.4. The first-order valence-corrected chi connectivity index (χ1v) is 8.41. The Morgan fingerprint density at radius 3 is 2.00 bits per heavy atom. The van der Waals surface area contributed by atoms with Gasteiger partial charge in [0.1, 0.15) is 0 Å². The Balaban J connectivity index is 1.85. The standard InChI is InChI=1S/C21H23NO/c23-21(19-12-6-2-7-13-19)16-20(18-10-4-1-5-11-18)17-22-14-8-3-9-15-22/h1-2,4-7,10-13,16H,3,8-9,14-15,17H2. The molecule has 0 spiro atoms. The molecule has 2 aromatic rings. The number of benzene rings is 2. The Kier molecular flexibility index (Phi) is 5.38. The van der Waals surface area contributed by atoms with Gasteiger partial charge in [-0.2, -0.15) is 0 Å². The van der Waals surface area contributed by atoms with Crippen molar-refractivity contribution in [2.75, 3.05) is 19.6 Å². The van der Waals surface area contributed by atoms with Gasteiger partial charge >= 0.3 is 0 Å². The Labute approximate surface area is 138 Å². The average molecular weight is 305 g/mol. The molecular weight excluding hydrogens is 282 g/mol. The van der Waals surface area contributed by atoms with Crippen molar-refractivity contribution in [3.8, 4) is 0 Å². The summed E-state index contributed by atoms with van der Waals surface area (Å²) in [5.41, 5.74) is 3.00. The lowest BCUT2D eigenvalue weighted by molar-refractivity contribution is 0.104. The summed E-state index contributed by atoms with van der Waals surface area (Å²) in [6.45, 7) is 3.11. The van der Waals surface area contributed by atoms with Crippen LogP contribution in [0, 0.1) is 0 Å². The molecule has 1 saturated heterocycles. The van der Waals surface area contributed by atoms with E-state index in [1.165, 1.54) is 19.3 Å². The average Bonchev–Trinajstić information content (AvgIpc) is 2.63. The van der Waals surface area contributed by atoms with Gasteiger partial charge in [0.2, 0.25) is 0 Å². The first-order chi connectivity index (χ1) is 11.3. The first kappa shape index (κ1) is 15.7. The number of nitrogens with zero attached hydrogens (tertiary/aromatic N) is 1. The minimum Gasteiger partial charge on any atom is -0.299 e. The van der Waals surface area contributed by atoms with Crippen LogP contribution in [0.5, 0.6) is 0 Å². The van der Waals surface area contributed by atoms with Crippen molar-refractivity contribution in [3.05, 3.63) is 77.9 Å². The van der Waals surface area contributed by atoms with Crippen LogP contribution in [0.3, 0.4) is 0 Å². The van der Waals surface area contributed by atoms with Crippen molar-refractivity contribution in [2.45, 2.75) is 19.3 Å². The predicted octanol–water partition coefficient (Wildman–Crippen LogP) is 4.44. The molecule has 0 atom stereocenters. The minimum atomic E-state index is 0.0847. The number of carbonyl (C=O) groups is 1. The SMILES string of the molecule is O=C(C=C(CN1CCCCC1)c1ccccc1)c1ccccc1. The Morgan fingerprint density at radius 1 is 0.826 bits per heavy atom. The number of rotatable bonds is 5. The molecule has 1 fully saturated rings. The molecule has 23 heavy (non-hydrogen) atoms. The van der Waals surface area contributed by atoms with Crippen molar-refractivity contribution in [1.82, 2.24) is 4.90 Å². The molecule has 0 bridgehead atoms. The maximum absolute atomic E-state index is 12.6. The van der Waals surface area contributed by atoms with Gasteiger partial charge in [-0.1, -0.05) is 67.1 Å². The second-order valence-corrected chi connectivity index (χ2v) is 6.10. The van der Waals surface area contributed by atoms with E-state index in [2.05, 4.69) is 17.0 Å². The number of piperidine rings is 1. The third-order valence-electron chi connectivity index (χ3n) is 4.35. The van der Waals surface area contributed by atoms with Crippen LogP contribution in [0.25, 0.3) is 5.57 Å². The Hall–Kier alpha value is -2.19. The summed E-state index contributed by atoms with van der Waals surface area (Å²) in [4.78, 5) is 15.0. The van der Waals surface area contributed by atoms with Crippen LogP contribution in [0.15, 0.2) is 66.7 Å². The molecule has 1 aliphatic heterocycles. The number of hydrogen-bond acceptors (Lipinski definition) is 2. The van der Waals surface area contributed by atoms with E-state index in [1.54, 1.807) is 0 Å². The van der Waals surface area contributed by atoms with E-state index in [1.807, 2.05) is 54.6 Å². The first-order valence-electron chi connectivity index (χ1n) is 8.41. The largest absolute Gasteiger partial charge is 0.299 e. The lowest BCUT2D eigenvalue weighted by Crippen LogP contribution is -2.31. The molecule has 0 saturated carbocycles. The number of ketones is 1. The van der Waals surface area contributed by atoms with E-state index in [0.717, 1.165) is 36.3 Å². The van der Waals surface area contributed by atoms with Crippen LogP contribution in [-0.2, 0) is 0 Å².